The molecule has 2 amide bonds. The highest BCUT2D eigenvalue weighted by molar-refractivity contribution is 5.80. The number of hydrogen-bond acceptors (Lipinski definition) is 3. The largest absolute Gasteiger partial charge is 0.444 e. The number of carbonyl (C=O) groups is 2. The van der Waals surface area contributed by atoms with E-state index in [0.29, 0.717) is 13.1 Å². The maximum absolute atomic E-state index is 12.7. The van der Waals surface area contributed by atoms with Crippen LogP contribution >= 0.6 is 0 Å². The summed E-state index contributed by atoms with van der Waals surface area (Å²) < 4.78 is 5.43. The molecule has 0 aromatic heterocycles. The number of likely N-dealkylation sites (tertiary alicyclic amines) is 2. The first kappa shape index (κ1) is 17.1. The molecule has 0 radical (unpaired) electrons. The number of nitrogens with zero attached hydrogens (tertiary/aromatic N) is 2. The molecule has 2 fully saturated rings. The van der Waals surface area contributed by atoms with Gasteiger partial charge in [-0.1, -0.05) is 12.8 Å². The Bertz CT molecular complexity index is 395. The minimum Gasteiger partial charge on any atom is -0.444 e. The summed E-state index contributed by atoms with van der Waals surface area (Å²) in [6, 6.07) is 0. The Hall–Kier alpha value is -1.26. The summed E-state index contributed by atoms with van der Waals surface area (Å²) in [6.45, 7) is 8.56. The second-order valence-electron chi connectivity index (χ2n) is 7.51. The van der Waals surface area contributed by atoms with Gasteiger partial charge in [0.2, 0.25) is 5.91 Å². The molecule has 0 aliphatic carbocycles. The van der Waals surface area contributed by atoms with Gasteiger partial charge in [0.05, 0.1) is 5.92 Å². The van der Waals surface area contributed by atoms with Gasteiger partial charge in [0.1, 0.15) is 5.60 Å². The van der Waals surface area contributed by atoms with Gasteiger partial charge in [-0.25, -0.2) is 4.79 Å². The zero-order chi connectivity index (χ0) is 16.2. The van der Waals surface area contributed by atoms with Crippen LogP contribution in [0.15, 0.2) is 0 Å². The van der Waals surface area contributed by atoms with Gasteiger partial charge in [-0.05, 0) is 46.5 Å². The number of carbonyl (C=O) groups excluding carboxylic acids is 2. The molecular formula is C17H30N2O3. The second kappa shape index (κ2) is 7.34. The van der Waals surface area contributed by atoms with Gasteiger partial charge in [-0.3, -0.25) is 4.79 Å². The van der Waals surface area contributed by atoms with Gasteiger partial charge >= 0.3 is 6.09 Å². The number of ether oxygens (including phenoxy) is 1. The van der Waals surface area contributed by atoms with Crippen molar-refractivity contribution >= 4 is 12.0 Å². The summed E-state index contributed by atoms with van der Waals surface area (Å²) in [6.07, 6.45) is 6.12. The van der Waals surface area contributed by atoms with Crippen LogP contribution in [0.4, 0.5) is 4.79 Å². The van der Waals surface area contributed by atoms with Crippen molar-refractivity contribution in [1.82, 2.24) is 9.80 Å². The standard InChI is InChI=1S/C17H30N2O3/c1-17(2,3)22-16(21)19-12-8-9-14(13-19)15(20)18-10-6-4-5-7-11-18/h14H,4-13H2,1-3H3. The molecular weight excluding hydrogens is 280 g/mol. The fourth-order valence-corrected chi connectivity index (χ4v) is 3.22. The number of piperidine rings is 1. The maximum Gasteiger partial charge on any atom is 0.410 e. The topological polar surface area (TPSA) is 49.9 Å². The molecule has 0 N–H and O–H groups in total. The molecule has 5 heteroatoms. The van der Waals surface area contributed by atoms with Crippen LogP contribution in [0.2, 0.25) is 0 Å². The van der Waals surface area contributed by atoms with Crippen LogP contribution in [0.25, 0.3) is 0 Å². The first-order valence-electron chi connectivity index (χ1n) is 8.63. The highest BCUT2D eigenvalue weighted by atomic mass is 16.6. The normalized spacial score (nSPS) is 23.9. The molecule has 126 valence electrons. The fraction of sp³-hybridized carbons (Fsp3) is 0.882. The maximum atomic E-state index is 12.7. The Balaban J connectivity index is 1.91. The highest BCUT2D eigenvalue weighted by Gasteiger charge is 2.33. The van der Waals surface area contributed by atoms with Crippen molar-refractivity contribution in [1.29, 1.82) is 0 Å². The van der Waals surface area contributed by atoms with Crippen molar-refractivity contribution in [3.05, 3.63) is 0 Å². The van der Waals surface area contributed by atoms with E-state index < -0.39 is 5.60 Å². The Labute approximate surface area is 134 Å². The lowest BCUT2D eigenvalue weighted by atomic mass is 9.96. The first-order chi connectivity index (χ1) is 10.4. The zero-order valence-corrected chi connectivity index (χ0v) is 14.3. The van der Waals surface area contributed by atoms with Gasteiger partial charge in [0.15, 0.2) is 0 Å². The van der Waals surface area contributed by atoms with E-state index in [4.69, 9.17) is 4.74 Å². The van der Waals surface area contributed by atoms with E-state index in [2.05, 4.69) is 0 Å². The van der Waals surface area contributed by atoms with Gasteiger partial charge in [0.25, 0.3) is 0 Å². The predicted molar refractivity (Wildman–Crippen MR) is 85.6 cm³/mol. The molecule has 22 heavy (non-hydrogen) atoms. The molecule has 0 bridgehead atoms. The summed E-state index contributed by atoms with van der Waals surface area (Å²) in [5, 5.41) is 0. The summed E-state index contributed by atoms with van der Waals surface area (Å²) in [5.41, 5.74) is -0.487. The lowest BCUT2D eigenvalue weighted by molar-refractivity contribution is -0.137. The minimum absolute atomic E-state index is 0.0561. The van der Waals surface area contributed by atoms with Crippen molar-refractivity contribution in [2.75, 3.05) is 26.2 Å². The number of rotatable bonds is 1. The highest BCUT2D eigenvalue weighted by Crippen LogP contribution is 2.22. The molecule has 2 aliphatic rings. The third-order valence-electron chi connectivity index (χ3n) is 4.34. The van der Waals surface area contributed by atoms with Crippen LogP contribution < -0.4 is 0 Å². The quantitative estimate of drug-likeness (QED) is 0.748. The lowest BCUT2D eigenvalue weighted by Gasteiger charge is -2.35. The van der Waals surface area contributed by atoms with Crippen molar-refractivity contribution in [3.63, 3.8) is 0 Å². The molecule has 0 saturated carbocycles. The predicted octanol–water partition coefficient (Wildman–Crippen LogP) is 3.04. The molecule has 2 saturated heterocycles. The summed E-state index contributed by atoms with van der Waals surface area (Å²) in [7, 11) is 0. The SMILES string of the molecule is CC(C)(C)OC(=O)N1CCCC(C(=O)N2CCCCCC2)C1. The molecule has 1 atom stereocenters. The molecule has 0 aromatic carbocycles. The Morgan fingerprint density at radius 2 is 1.50 bits per heavy atom. The number of hydrogen-bond donors (Lipinski definition) is 0. The fourth-order valence-electron chi connectivity index (χ4n) is 3.22. The summed E-state index contributed by atoms with van der Waals surface area (Å²) >= 11 is 0. The third kappa shape index (κ3) is 4.89. The van der Waals surface area contributed by atoms with E-state index in [-0.39, 0.29) is 17.9 Å². The summed E-state index contributed by atoms with van der Waals surface area (Å²) in [5.74, 6) is 0.175. The van der Waals surface area contributed by atoms with Crippen LogP contribution in [0.1, 0.15) is 59.3 Å². The summed E-state index contributed by atoms with van der Waals surface area (Å²) in [4.78, 5) is 28.6. The Morgan fingerprint density at radius 3 is 2.09 bits per heavy atom. The monoisotopic (exact) mass is 310 g/mol. The molecule has 2 heterocycles. The molecule has 2 rings (SSSR count). The zero-order valence-electron chi connectivity index (χ0n) is 14.3. The van der Waals surface area contributed by atoms with Crippen LogP contribution in [-0.2, 0) is 9.53 Å². The lowest BCUT2D eigenvalue weighted by Crippen LogP contribution is -2.48. The van der Waals surface area contributed by atoms with Crippen LogP contribution in [0.5, 0.6) is 0 Å². The van der Waals surface area contributed by atoms with E-state index in [1.54, 1.807) is 4.90 Å². The van der Waals surface area contributed by atoms with E-state index in [1.165, 1.54) is 12.8 Å². The van der Waals surface area contributed by atoms with E-state index in [9.17, 15) is 9.59 Å². The second-order valence-corrected chi connectivity index (χ2v) is 7.51. The van der Waals surface area contributed by atoms with Crippen LogP contribution in [-0.4, -0.2) is 53.6 Å². The molecule has 0 aromatic rings. The third-order valence-corrected chi connectivity index (χ3v) is 4.34. The van der Waals surface area contributed by atoms with Crippen molar-refractivity contribution in [3.8, 4) is 0 Å². The Morgan fingerprint density at radius 1 is 0.909 bits per heavy atom. The average Bonchev–Trinajstić information content (AvgIpc) is 2.74. The van der Waals surface area contributed by atoms with Crippen molar-refractivity contribution in [2.24, 2.45) is 5.92 Å². The van der Waals surface area contributed by atoms with E-state index >= 15 is 0 Å². The average molecular weight is 310 g/mol. The van der Waals surface area contributed by atoms with E-state index in [0.717, 1.165) is 38.8 Å². The minimum atomic E-state index is -0.487. The molecule has 1 unspecified atom stereocenters. The van der Waals surface area contributed by atoms with Gasteiger partial charge < -0.3 is 14.5 Å². The number of amides is 2. The van der Waals surface area contributed by atoms with Gasteiger partial charge in [0, 0.05) is 26.2 Å². The van der Waals surface area contributed by atoms with Crippen molar-refractivity contribution in [2.45, 2.75) is 64.9 Å². The van der Waals surface area contributed by atoms with Gasteiger partial charge in [-0.15, -0.1) is 0 Å². The van der Waals surface area contributed by atoms with Crippen LogP contribution in [0.3, 0.4) is 0 Å². The first-order valence-corrected chi connectivity index (χ1v) is 8.63. The Kier molecular flexibility index (Phi) is 5.70. The molecule has 5 nitrogen and oxygen atoms in total. The van der Waals surface area contributed by atoms with Crippen LogP contribution in [0, 0.1) is 5.92 Å². The van der Waals surface area contributed by atoms with E-state index in [1.807, 2.05) is 25.7 Å². The smallest absolute Gasteiger partial charge is 0.410 e. The molecule has 2 aliphatic heterocycles. The van der Waals surface area contributed by atoms with Crippen molar-refractivity contribution < 1.29 is 14.3 Å². The van der Waals surface area contributed by atoms with Gasteiger partial charge in [-0.2, -0.15) is 0 Å². The molecule has 0 spiro atoms.